The highest BCUT2D eigenvalue weighted by molar-refractivity contribution is 9.10. The predicted molar refractivity (Wildman–Crippen MR) is 75.9 cm³/mol. The molecule has 5 nitrogen and oxygen atoms in total. The molecule has 110 valence electrons. The Morgan fingerprint density at radius 2 is 2.15 bits per heavy atom. The maximum atomic E-state index is 13.7. The fourth-order valence-electron chi connectivity index (χ4n) is 1.53. The summed E-state index contributed by atoms with van der Waals surface area (Å²) >= 11 is 3.13. The van der Waals surface area contributed by atoms with E-state index in [1.807, 2.05) is 0 Å². The Balaban J connectivity index is 2.65. The van der Waals surface area contributed by atoms with E-state index in [4.69, 9.17) is 4.74 Å². The minimum Gasteiger partial charge on any atom is -0.383 e. The van der Waals surface area contributed by atoms with Gasteiger partial charge in [-0.2, -0.15) is 0 Å². The normalized spacial score (nSPS) is 10.2. The number of ether oxygens (including phenoxy) is 1. The summed E-state index contributed by atoms with van der Waals surface area (Å²) in [6.45, 7) is 0.604. The summed E-state index contributed by atoms with van der Waals surface area (Å²) in [4.78, 5) is 24.8. The second-order valence-electron chi connectivity index (χ2n) is 4.10. The molecule has 0 spiro atoms. The summed E-state index contributed by atoms with van der Waals surface area (Å²) in [7, 11) is 2.97. The number of hydrogen-bond donors (Lipinski definition) is 1. The number of rotatable bonds is 6. The molecule has 2 amide bonds. The maximum absolute atomic E-state index is 13.7. The van der Waals surface area contributed by atoms with Crippen molar-refractivity contribution in [3.05, 3.63) is 34.1 Å². The van der Waals surface area contributed by atoms with Crippen molar-refractivity contribution in [3.8, 4) is 0 Å². The Morgan fingerprint density at radius 1 is 1.45 bits per heavy atom. The van der Waals surface area contributed by atoms with Crippen LogP contribution in [0.1, 0.15) is 10.4 Å². The number of nitrogens with zero attached hydrogens (tertiary/aromatic N) is 1. The average molecular weight is 347 g/mol. The molecule has 0 atom stereocenters. The molecule has 0 saturated carbocycles. The molecule has 0 aliphatic heterocycles. The van der Waals surface area contributed by atoms with Crippen molar-refractivity contribution in [1.82, 2.24) is 10.2 Å². The first kappa shape index (κ1) is 16.6. The van der Waals surface area contributed by atoms with Crippen molar-refractivity contribution < 1.29 is 18.7 Å². The Labute approximate surface area is 125 Å². The monoisotopic (exact) mass is 346 g/mol. The quantitative estimate of drug-likeness (QED) is 0.792. The second-order valence-corrected chi connectivity index (χ2v) is 4.95. The van der Waals surface area contributed by atoms with Gasteiger partial charge in [0.1, 0.15) is 5.82 Å². The average Bonchev–Trinajstić information content (AvgIpc) is 2.38. The van der Waals surface area contributed by atoms with Crippen LogP contribution in [-0.2, 0) is 9.53 Å². The SMILES string of the molecule is COCCNC(=O)CN(C)C(=O)c1c(F)cccc1Br. The lowest BCUT2D eigenvalue weighted by Crippen LogP contribution is -2.39. The zero-order valence-corrected chi connectivity index (χ0v) is 12.9. The van der Waals surface area contributed by atoms with Crippen LogP contribution < -0.4 is 5.32 Å². The molecule has 0 heterocycles. The lowest BCUT2D eigenvalue weighted by molar-refractivity contribution is -0.121. The van der Waals surface area contributed by atoms with Crippen molar-refractivity contribution in [1.29, 1.82) is 0 Å². The summed E-state index contributed by atoms with van der Waals surface area (Å²) in [5, 5.41) is 2.59. The first-order chi connectivity index (χ1) is 9.47. The molecular formula is C13H16BrFN2O3. The van der Waals surface area contributed by atoms with Crippen LogP contribution >= 0.6 is 15.9 Å². The number of methoxy groups -OCH3 is 1. The smallest absolute Gasteiger partial charge is 0.258 e. The number of carbonyl (C=O) groups excluding carboxylic acids is 2. The maximum Gasteiger partial charge on any atom is 0.258 e. The molecule has 1 rings (SSSR count). The third-order valence-corrected chi connectivity index (χ3v) is 3.19. The van der Waals surface area contributed by atoms with Gasteiger partial charge in [0, 0.05) is 25.2 Å². The molecule has 1 N–H and O–H groups in total. The molecule has 0 bridgehead atoms. The topological polar surface area (TPSA) is 58.6 Å². The molecular weight excluding hydrogens is 331 g/mol. The van der Waals surface area contributed by atoms with Gasteiger partial charge in [0.15, 0.2) is 0 Å². The molecule has 0 unspecified atom stereocenters. The van der Waals surface area contributed by atoms with E-state index in [9.17, 15) is 14.0 Å². The van der Waals surface area contributed by atoms with E-state index in [1.54, 1.807) is 6.07 Å². The van der Waals surface area contributed by atoms with Gasteiger partial charge in [-0.05, 0) is 28.1 Å². The van der Waals surface area contributed by atoms with E-state index in [1.165, 1.54) is 26.3 Å². The van der Waals surface area contributed by atoms with Gasteiger partial charge in [0.25, 0.3) is 5.91 Å². The van der Waals surface area contributed by atoms with E-state index in [0.29, 0.717) is 17.6 Å². The van der Waals surface area contributed by atoms with Crippen LogP contribution in [0.3, 0.4) is 0 Å². The summed E-state index contributed by atoms with van der Waals surface area (Å²) in [5.74, 6) is -1.52. The molecule has 7 heteroatoms. The predicted octanol–water partition coefficient (Wildman–Crippen LogP) is 1.42. The van der Waals surface area contributed by atoms with Gasteiger partial charge in [0.2, 0.25) is 5.91 Å². The zero-order valence-electron chi connectivity index (χ0n) is 11.3. The molecule has 0 aliphatic carbocycles. The Bertz CT molecular complexity index is 476. The third kappa shape index (κ3) is 4.57. The van der Waals surface area contributed by atoms with E-state index >= 15 is 0 Å². The van der Waals surface area contributed by atoms with Gasteiger partial charge in [-0.15, -0.1) is 0 Å². The van der Waals surface area contributed by atoms with E-state index in [-0.39, 0.29) is 18.0 Å². The first-order valence-electron chi connectivity index (χ1n) is 5.92. The van der Waals surface area contributed by atoms with Crippen LogP contribution in [0.4, 0.5) is 4.39 Å². The zero-order chi connectivity index (χ0) is 15.1. The second kappa shape index (κ2) is 7.96. The number of hydrogen-bond acceptors (Lipinski definition) is 3. The molecule has 0 saturated heterocycles. The van der Waals surface area contributed by atoms with Crippen LogP contribution in [0.2, 0.25) is 0 Å². The Hall–Kier alpha value is -1.47. The van der Waals surface area contributed by atoms with Crippen LogP contribution in [0.5, 0.6) is 0 Å². The first-order valence-corrected chi connectivity index (χ1v) is 6.71. The highest BCUT2D eigenvalue weighted by Gasteiger charge is 2.20. The minimum atomic E-state index is -0.629. The van der Waals surface area contributed by atoms with Crippen LogP contribution in [0, 0.1) is 5.82 Å². The fraction of sp³-hybridized carbons (Fsp3) is 0.385. The van der Waals surface area contributed by atoms with Gasteiger partial charge in [-0.3, -0.25) is 9.59 Å². The highest BCUT2D eigenvalue weighted by Crippen LogP contribution is 2.20. The lowest BCUT2D eigenvalue weighted by atomic mass is 10.2. The van der Waals surface area contributed by atoms with Crippen molar-refractivity contribution in [2.45, 2.75) is 0 Å². The van der Waals surface area contributed by atoms with Crippen molar-refractivity contribution in [3.63, 3.8) is 0 Å². The van der Waals surface area contributed by atoms with Crippen molar-refractivity contribution in [2.24, 2.45) is 0 Å². The minimum absolute atomic E-state index is 0.0836. The van der Waals surface area contributed by atoms with E-state index in [0.717, 1.165) is 4.90 Å². The Kier molecular flexibility index (Phi) is 6.60. The van der Waals surface area contributed by atoms with Gasteiger partial charge >= 0.3 is 0 Å². The van der Waals surface area contributed by atoms with Crippen molar-refractivity contribution >= 4 is 27.7 Å². The number of carbonyl (C=O) groups is 2. The molecule has 0 radical (unpaired) electrons. The number of nitrogens with one attached hydrogen (secondary N) is 1. The molecule has 1 aromatic rings. The molecule has 20 heavy (non-hydrogen) atoms. The van der Waals surface area contributed by atoms with Gasteiger partial charge in [0.05, 0.1) is 18.7 Å². The number of amides is 2. The highest BCUT2D eigenvalue weighted by atomic mass is 79.9. The van der Waals surface area contributed by atoms with Crippen LogP contribution in [0.15, 0.2) is 22.7 Å². The van der Waals surface area contributed by atoms with E-state index < -0.39 is 11.7 Å². The summed E-state index contributed by atoms with van der Waals surface area (Å²) < 4.78 is 18.8. The molecule has 0 aliphatic rings. The summed E-state index contributed by atoms with van der Waals surface area (Å²) in [5.41, 5.74) is -0.0836. The Morgan fingerprint density at radius 3 is 2.75 bits per heavy atom. The third-order valence-electron chi connectivity index (χ3n) is 2.53. The van der Waals surface area contributed by atoms with Gasteiger partial charge < -0.3 is 15.0 Å². The van der Waals surface area contributed by atoms with Crippen LogP contribution in [0.25, 0.3) is 0 Å². The summed E-state index contributed by atoms with van der Waals surface area (Å²) in [6.07, 6.45) is 0. The van der Waals surface area contributed by atoms with Crippen LogP contribution in [-0.4, -0.2) is 50.6 Å². The van der Waals surface area contributed by atoms with Gasteiger partial charge in [-0.1, -0.05) is 6.07 Å². The lowest BCUT2D eigenvalue weighted by Gasteiger charge is -2.18. The standard InChI is InChI=1S/C13H16BrFN2O3/c1-17(8-11(18)16-6-7-20-2)13(19)12-9(14)4-3-5-10(12)15/h3-5H,6-8H2,1-2H3,(H,16,18). The van der Waals surface area contributed by atoms with E-state index in [2.05, 4.69) is 21.2 Å². The number of likely N-dealkylation sites (N-methyl/N-ethyl adjacent to an activating group) is 1. The number of benzene rings is 1. The van der Waals surface area contributed by atoms with Crippen molar-refractivity contribution in [2.75, 3.05) is 33.9 Å². The fourth-order valence-corrected chi connectivity index (χ4v) is 2.04. The summed E-state index contributed by atoms with van der Waals surface area (Å²) in [6, 6.07) is 4.26. The molecule has 0 fully saturated rings. The number of halogens is 2. The largest absolute Gasteiger partial charge is 0.383 e. The molecule has 0 aromatic heterocycles. The molecule has 1 aromatic carbocycles. The van der Waals surface area contributed by atoms with Gasteiger partial charge in [-0.25, -0.2) is 4.39 Å².